The molecular weight excluding hydrogens is 487 g/mol. The van der Waals surface area contributed by atoms with Crippen LogP contribution in [0.2, 0.25) is 0 Å². The van der Waals surface area contributed by atoms with Gasteiger partial charge in [-0.1, -0.05) is 49.2 Å². The van der Waals surface area contributed by atoms with Crippen molar-refractivity contribution in [1.82, 2.24) is 15.1 Å². The minimum absolute atomic E-state index is 0.0554. The molecule has 2 atom stereocenters. The van der Waals surface area contributed by atoms with Gasteiger partial charge < -0.3 is 15.5 Å². The Morgan fingerprint density at radius 1 is 0.947 bits per heavy atom. The lowest BCUT2D eigenvalue weighted by atomic mass is 9.81. The molecule has 8 nitrogen and oxygen atoms in total. The van der Waals surface area contributed by atoms with Gasteiger partial charge in [0, 0.05) is 31.2 Å². The number of urea groups is 1. The molecule has 1 saturated carbocycles. The van der Waals surface area contributed by atoms with Crippen molar-refractivity contribution in [3.8, 4) is 0 Å². The molecule has 9 heteroatoms. The number of amides is 5. The number of anilines is 1. The molecule has 38 heavy (non-hydrogen) atoms. The molecule has 1 aliphatic carbocycles. The van der Waals surface area contributed by atoms with E-state index in [2.05, 4.69) is 10.6 Å². The molecule has 2 fully saturated rings. The predicted octanol–water partition coefficient (Wildman–Crippen LogP) is 4.12. The Kier molecular flexibility index (Phi) is 9.46. The number of imide groups is 1. The van der Waals surface area contributed by atoms with E-state index in [1.165, 1.54) is 28.0 Å². The maximum absolute atomic E-state index is 13.5. The van der Waals surface area contributed by atoms with Crippen LogP contribution in [0.15, 0.2) is 54.6 Å². The van der Waals surface area contributed by atoms with E-state index in [1.807, 2.05) is 30.3 Å². The van der Waals surface area contributed by atoms with Crippen LogP contribution in [0, 0.1) is 11.7 Å². The smallest absolute Gasteiger partial charge is 0.327 e. The minimum atomic E-state index is -0.472. The van der Waals surface area contributed by atoms with Crippen molar-refractivity contribution in [2.75, 3.05) is 25.0 Å². The Balaban J connectivity index is 1.28. The third-order valence-electron chi connectivity index (χ3n) is 7.23. The van der Waals surface area contributed by atoms with Crippen molar-refractivity contribution in [3.05, 3.63) is 66.0 Å². The molecule has 1 aliphatic heterocycles. The van der Waals surface area contributed by atoms with Crippen LogP contribution in [-0.2, 0) is 20.8 Å². The summed E-state index contributed by atoms with van der Waals surface area (Å²) in [6, 6.07) is 14.7. The van der Waals surface area contributed by atoms with Gasteiger partial charge in [0.25, 0.3) is 0 Å². The van der Waals surface area contributed by atoms with E-state index in [0.29, 0.717) is 44.3 Å². The number of benzene rings is 2. The van der Waals surface area contributed by atoms with Crippen molar-refractivity contribution in [2.45, 2.75) is 57.4 Å². The highest BCUT2D eigenvalue weighted by atomic mass is 19.1. The summed E-state index contributed by atoms with van der Waals surface area (Å²) in [6.45, 7) is 0.561. The summed E-state index contributed by atoms with van der Waals surface area (Å²) in [5.41, 5.74) is 1.47. The van der Waals surface area contributed by atoms with Crippen LogP contribution >= 0.6 is 0 Å². The van der Waals surface area contributed by atoms with Crippen molar-refractivity contribution in [2.24, 2.45) is 5.92 Å². The van der Waals surface area contributed by atoms with Gasteiger partial charge in [-0.2, -0.15) is 0 Å². The van der Waals surface area contributed by atoms with Crippen molar-refractivity contribution in [3.63, 3.8) is 0 Å². The van der Waals surface area contributed by atoms with E-state index in [9.17, 15) is 23.6 Å². The van der Waals surface area contributed by atoms with Gasteiger partial charge in [0.2, 0.25) is 17.7 Å². The molecule has 2 aromatic carbocycles. The topological polar surface area (TPSA) is 98.8 Å². The third-order valence-corrected chi connectivity index (χ3v) is 7.23. The number of carbonyl (C=O) groups excluding carboxylic acids is 4. The summed E-state index contributed by atoms with van der Waals surface area (Å²) in [4.78, 5) is 54.2. The van der Waals surface area contributed by atoms with E-state index >= 15 is 0 Å². The number of hydrogen-bond acceptors (Lipinski definition) is 4. The van der Waals surface area contributed by atoms with E-state index in [4.69, 9.17) is 0 Å². The average molecular weight is 523 g/mol. The highest BCUT2D eigenvalue weighted by molar-refractivity contribution is 6.01. The molecule has 0 bridgehead atoms. The fraction of sp³-hybridized carbons (Fsp3) is 0.448. The summed E-state index contributed by atoms with van der Waals surface area (Å²) < 4.78 is 13.5. The van der Waals surface area contributed by atoms with Gasteiger partial charge in [0.1, 0.15) is 12.4 Å². The molecule has 4 rings (SSSR count). The fourth-order valence-electron chi connectivity index (χ4n) is 5.31. The number of hydrogen-bond donors (Lipinski definition) is 2. The second-order valence-corrected chi connectivity index (χ2v) is 9.96. The second-order valence-electron chi connectivity index (χ2n) is 9.96. The molecule has 5 amide bonds. The van der Waals surface area contributed by atoms with Crippen LogP contribution in [0.5, 0.6) is 0 Å². The lowest BCUT2D eigenvalue weighted by Gasteiger charge is -2.46. The first-order chi connectivity index (χ1) is 18.4. The molecule has 0 aromatic heterocycles. The first-order valence-corrected chi connectivity index (χ1v) is 13.4. The summed E-state index contributed by atoms with van der Waals surface area (Å²) in [5.74, 6) is -1.47. The number of carbonyl (C=O) groups is 4. The number of halogens is 1. The first-order valence-electron chi connectivity index (χ1n) is 13.4. The zero-order valence-corrected chi connectivity index (χ0v) is 21.5. The lowest BCUT2D eigenvalue weighted by Crippen LogP contribution is -2.63. The fourth-order valence-corrected chi connectivity index (χ4v) is 5.31. The van der Waals surface area contributed by atoms with Gasteiger partial charge in [0.15, 0.2) is 0 Å². The zero-order valence-electron chi connectivity index (χ0n) is 21.5. The number of rotatable bonds is 11. The molecule has 2 aliphatic rings. The number of fused-ring (bicyclic) bond motifs is 1. The van der Waals surface area contributed by atoms with Gasteiger partial charge in [-0.25, -0.2) is 9.18 Å². The van der Waals surface area contributed by atoms with E-state index in [0.717, 1.165) is 24.8 Å². The van der Waals surface area contributed by atoms with E-state index in [1.54, 1.807) is 6.07 Å². The van der Waals surface area contributed by atoms with Crippen molar-refractivity contribution < 1.29 is 23.6 Å². The van der Waals surface area contributed by atoms with Gasteiger partial charge in [-0.15, -0.1) is 0 Å². The summed E-state index contributed by atoms with van der Waals surface area (Å²) >= 11 is 0. The monoisotopic (exact) mass is 522 g/mol. The van der Waals surface area contributed by atoms with Gasteiger partial charge in [-0.05, 0) is 55.9 Å². The quantitative estimate of drug-likeness (QED) is 0.434. The molecule has 202 valence electrons. The molecule has 0 spiro atoms. The molecular formula is C29H35FN4O4. The van der Waals surface area contributed by atoms with Crippen LogP contribution in [0.4, 0.5) is 14.9 Å². The van der Waals surface area contributed by atoms with E-state index < -0.39 is 17.8 Å². The zero-order chi connectivity index (χ0) is 26.9. The largest absolute Gasteiger partial charge is 0.356 e. The maximum Gasteiger partial charge on any atom is 0.327 e. The summed E-state index contributed by atoms with van der Waals surface area (Å²) in [6.07, 6.45) is 5.27. The minimum Gasteiger partial charge on any atom is -0.356 e. The Morgan fingerprint density at radius 3 is 2.53 bits per heavy atom. The van der Waals surface area contributed by atoms with Gasteiger partial charge in [0.05, 0.1) is 5.92 Å². The standard InChI is InChI=1S/C29H35FN4O4/c30-22-11-8-12-23(19-22)32-27(36)20-34-25-14-5-4-13-24(25)28(37)33(29(34)38)18-7-6-15-26(35)31-17-16-21-9-2-1-3-10-21/h1-3,8-12,19,24-25H,4-7,13-18,20H2,(H,31,35)(H,32,36). The Labute approximate surface area is 222 Å². The average Bonchev–Trinajstić information content (AvgIpc) is 2.91. The van der Waals surface area contributed by atoms with Crippen molar-refractivity contribution in [1.29, 1.82) is 0 Å². The SMILES string of the molecule is O=C(CCCCN1C(=O)C2CCCCC2N(CC(=O)Nc2cccc(F)c2)C1=O)NCCc1ccccc1. The molecule has 0 radical (unpaired) electrons. The lowest BCUT2D eigenvalue weighted by molar-refractivity contribution is -0.141. The molecule has 2 N–H and O–H groups in total. The second kappa shape index (κ2) is 13.2. The van der Waals surface area contributed by atoms with Crippen LogP contribution < -0.4 is 10.6 Å². The number of nitrogens with zero attached hydrogens (tertiary/aromatic N) is 2. The van der Waals surface area contributed by atoms with Gasteiger partial charge in [-0.3, -0.25) is 19.3 Å². The molecule has 1 saturated heterocycles. The Bertz CT molecular complexity index is 1140. The van der Waals surface area contributed by atoms with Crippen molar-refractivity contribution >= 4 is 29.4 Å². The third kappa shape index (κ3) is 7.18. The molecule has 1 heterocycles. The molecule has 2 unspecified atom stereocenters. The highest BCUT2D eigenvalue weighted by Gasteiger charge is 2.47. The normalized spacial score (nSPS) is 19.2. The number of unbranched alkanes of at least 4 members (excludes halogenated alkanes) is 1. The van der Waals surface area contributed by atoms with Crippen LogP contribution in [-0.4, -0.2) is 59.2 Å². The maximum atomic E-state index is 13.5. The Morgan fingerprint density at radius 2 is 1.74 bits per heavy atom. The predicted molar refractivity (Wildman–Crippen MR) is 142 cm³/mol. The summed E-state index contributed by atoms with van der Waals surface area (Å²) in [5, 5.41) is 5.56. The van der Waals surface area contributed by atoms with E-state index in [-0.39, 0.29) is 36.9 Å². The van der Waals surface area contributed by atoms with Crippen LogP contribution in [0.1, 0.15) is 50.5 Å². The Hall–Kier alpha value is -3.75. The summed E-state index contributed by atoms with van der Waals surface area (Å²) in [7, 11) is 0. The van der Waals surface area contributed by atoms with Gasteiger partial charge >= 0.3 is 6.03 Å². The molecule has 2 aromatic rings. The van der Waals surface area contributed by atoms with Crippen LogP contribution in [0.3, 0.4) is 0 Å². The first kappa shape index (κ1) is 27.3. The highest BCUT2D eigenvalue weighted by Crippen LogP contribution is 2.34. The van der Waals surface area contributed by atoms with Crippen LogP contribution in [0.25, 0.3) is 0 Å². The number of nitrogens with one attached hydrogen (secondary N) is 2.